The summed E-state index contributed by atoms with van der Waals surface area (Å²) in [4.78, 5) is 0. The molecule has 0 bridgehead atoms. The van der Waals surface area contributed by atoms with E-state index in [0.717, 1.165) is 19.1 Å². The molecule has 0 amide bonds. The van der Waals surface area contributed by atoms with E-state index in [9.17, 15) is 0 Å². The third kappa shape index (κ3) is 7.05. The first kappa shape index (κ1) is 13.8. The summed E-state index contributed by atoms with van der Waals surface area (Å²) in [7, 11) is 0. The van der Waals surface area contributed by atoms with Gasteiger partial charge >= 0.3 is 0 Å². The second-order valence-corrected chi connectivity index (χ2v) is 5.07. The van der Waals surface area contributed by atoms with E-state index in [1.165, 1.54) is 64.2 Å². The van der Waals surface area contributed by atoms with E-state index < -0.39 is 0 Å². The molecule has 0 aliphatic heterocycles. The summed E-state index contributed by atoms with van der Waals surface area (Å²) in [5, 5.41) is 0. The van der Waals surface area contributed by atoms with E-state index in [0.29, 0.717) is 0 Å². The molecule has 0 aromatic heterocycles. The average molecular weight is 224 g/mol. The van der Waals surface area contributed by atoms with Crippen molar-refractivity contribution in [2.24, 2.45) is 5.92 Å². The van der Waals surface area contributed by atoms with Crippen LogP contribution in [0.15, 0.2) is 12.7 Å². The molecule has 0 heterocycles. The molecule has 0 aromatic carbocycles. The van der Waals surface area contributed by atoms with E-state index in [1.807, 2.05) is 6.08 Å². The van der Waals surface area contributed by atoms with Crippen LogP contribution < -0.4 is 0 Å². The van der Waals surface area contributed by atoms with Crippen molar-refractivity contribution >= 4 is 0 Å². The summed E-state index contributed by atoms with van der Waals surface area (Å²) >= 11 is 0. The lowest BCUT2D eigenvalue weighted by Crippen LogP contribution is -2.06. The molecule has 0 atom stereocenters. The summed E-state index contributed by atoms with van der Waals surface area (Å²) in [6, 6.07) is 0. The Hall–Kier alpha value is -0.300. The summed E-state index contributed by atoms with van der Waals surface area (Å²) in [5.41, 5.74) is 0. The Bertz CT molecular complexity index is 159. The SMILES string of the molecule is C=CCCCCCCCOCC1CCCC1. The number of rotatable bonds is 10. The molecule has 1 fully saturated rings. The Morgan fingerprint density at radius 1 is 1.00 bits per heavy atom. The molecule has 0 spiro atoms. The minimum absolute atomic E-state index is 0.882. The number of allylic oxidation sites excluding steroid dienone is 1. The molecule has 0 unspecified atom stereocenters. The molecular weight excluding hydrogens is 196 g/mol. The maximum atomic E-state index is 5.73. The Morgan fingerprint density at radius 2 is 1.69 bits per heavy atom. The summed E-state index contributed by atoms with van der Waals surface area (Å²) in [5.74, 6) is 0.882. The lowest BCUT2D eigenvalue weighted by Gasteiger charge is -2.09. The molecule has 0 aromatic rings. The van der Waals surface area contributed by atoms with Crippen LogP contribution in [0.1, 0.15) is 64.2 Å². The molecule has 0 radical (unpaired) electrons. The smallest absolute Gasteiger partial charge is 0.0494 e. The van der Waals surface area contributed by atoms with Crippen LogP contribution >= 0.6 is 0 Å². The minimum Gasteiger partial charge on any atom is -0.381 e. The van der Waals surface area contributed by atoms with Crippen LogP contribution in [0.2, 0.25) is 0 Å². The quantitative estimate of drug-likeness (QED) is 0.385. The van der Waals surface area contributed by atoms with E-state index in [1.54, 1.807) is 0 Å². The zero-order valence-electron chi connectivity index (χ0n) is 10.8. The molecule has 94 valence electrons. The Morgan fingerprint density at radius 3 is 2.44 bits per heavy atom. The maximum Gasteiger partial charge on any atom is 0.0494 e. The second kappa shape index (κ2) is 9.89. The molecule has 1 aliphatic carbocycles. The van der Waals surface area contributed by atoms with Gasteiger partial charge in [-0.25, -0.2) is 0 Å². The fraction of sp³-hybridized carbons (Fsp3) is 0.867. The zero-order chi connectivity index (χ0) is 11.5. The topological polar surface area (TPSA) is 9.23 Å². The molecular formula is C15H28O. The van der Waals surface area contributed by atoms with Gasteiger partial charge in [0.05, 0.1) is 0 Å². The van der Waals surface area contributed by atoms with Crippen molar-refractivity contribution < 1.29 is 4.74 Å². The van der Waals surface area contributed by atoms with E-state index in [4.69, 9.17) is 4.74 Å². The van der Waals surface area contributed by atoms with E-state index >= 15 is 0 Å². The fourth-order valence-electron chi connectivity index (χ4n) is 2.45. The van der Waals surface area contributed by atoms with Crippen LogP contribution in [0, 0.1) is 5.92 Å². The van der Waals surface area contributed by atoms with Crippen LogP contribution in [0.4, 0.5) is 0 Å². The number of ether oxygens (including phenoxy) is 1. The highest BCUT2D eigenvalue weighted by Crippen LogP contribution is 2.24. The first-order valence-corrected chi connectivity index (χ1v) is 7.12. The lowest BCUT2D eigenvalue weighted by atomic mass is 10.1. The van der Waals surface area contributed by atoms with Crippen LogP contribution in [0.25, 0.3) is 0 Å². The van der Waals surface area contributed by atoms with Crippen molar-refractivity contribution in [2.45, 2.75) is 64.2 Å². The maximum absolute atomic E-state index is 5.73. The van der Waals surface area contributed by atoms with Gasteiger partial charge in [-0.1, -0.05) is 38.2 Å². The normalized spacial score (nSPS) is 16.8. The van der Waals surface area contributed by atoms with Crippen molar-refractivity contribution in [2.75, 3.05) is 13.2 Å². The van der Waals surface area contributed by atoms with E-state index in [-0.39, 0.29) is 0 Å². The van der Waals surface area contributed by atoms with Crippen LogP contribution in [0.3, 0.4) is 0 Å². The summed E-state index contributed by atoms with van der Waals surface area (Å²) < 4.78 is 5.73. The van der Waals surface area contributed by atoms with Gasteiger partial charge in [0.15, 0.2) is 0 Å². The Kier molecular flexibility index (Phi) is 8.51. The summed E-state index contributed by atoms with van der Waals surface area (Å²) in [6.45, 7) is 5.75. The van der Waals surface area contributed by atoms with Gasteiger partial charge in [-0.3, -0.25) is 0 Å². The first-order valence-electron chi connectivity index (χ1n) is 7.12. The van der Waals surface area contributed by atoms with Crippen molar-refractivity contribution in [1.29, 1.82) is 0 Å². The molecule has 1 rings (SSSR count). The standard InChI is InChI=1S/C15H28O/c1-2-3-4-5-6-7-10-13-16-14-15-11-8-9-12-15/h2,15H,1,3-14H2. The Balaban J connectivity index is 1.72. The van der Waals surface area contributed by atoms with E-state index in [2.05, 4.69) is 6.58 Å². The average Bonchev–Trinajstić information content (AvgIpc) is 2.80. The molecule has 16 heavy (non-hydrogen) atoms. The molecule has 1 aliphatic rings. The monoisotopic (exact) mass is 224 g/mol. The van der Waals surface area contributed by atoms with Crippen molar-refractivity contribution in [3.63, 3.8) is 0 Å². The predicted molar refractivity (Wildman–Crippen MR) is 70.7 cm³/mol. The molecule has 1 heteroatoms. The number of hydrogen-bond acceptors (Lipinski definition) is 1. The van der Waals surface area contributed by atoms with Gasteiger partial charge in [0.2, 0.25) is 0 Å². The van der Waals surface area contributed by atoms with Gasteiger partial charge in [-0.15, -0.1) is 6.58 Å². The van der Waals surface area contributed by atoms with Gasteiger partial charge in [0, 0.05) is 13.2 Å². The fourth-order valence-corrected chi connectivity index (χ4v) is 2.45. The Labute approximate surface area is 101 Å². The largest absolute Gasteiger partial charge is 0.381 e. The molecule has 0 N–H and O–H groups in total. The van der Waals surface area contributed by atoms with Gasteiger partial charge in [-0.05, 0) is 38.0 Å². The minimum atomic E-state index is 0.882. The first-order chi connectivity index (χ1) is 7.93. The number of unbranched alkanes of at least 4 members (excludes halogenated alkanes) is 5. The van der Waals surface area contributed by atoms with Gasteiger partial charge in [-0.2, -0.15) is 0 Å². The molecule has 0 saturated heterocycles. The van der Waals surface area contributed by atoms with Crippen molar-refractivity contribution in [3.8, 4) is 0 Å². The third-order valence-corrected chi connectivity index (χ3v) is 3.53. The molecule has 1 nitrogen and oxygen atoms in total. The molecule has 1 saturated carbocycles. The van der Waals surface area contributed by atoms with Gasteiger partial charge in [0.25, 0.3) is 0 Å². The van der Waals surface area contributed by atoms with Crippen LogP contribution in [0.5, 0.6) is 0 Å². The summed E-state index contributed by atoms with van der Waals surface area (Å²) in [6.07, 6.45) is 15.5. The van der Waals surface area contributed by atoms with Gasteiger partial charge in [0.1, 0.15) is 0 Å². The highest BCUT2D eigenvalue weighted by Gasteiger charge is 2.14. The zero-order valence-corrected chi connectivity index (χ0v) is 10.8. The third-order valence-electron chi connectivity index (χ3n) is 3.53. The second-order valence-electron chi connectivity index (χ2n) is 5.07. The van der Waals surface area contributed by atoms with Crippen molar-refractivity contribution in [1.82, 2.24) is 0 Å². The van der Waals surface area contributed by atoms with Crippen LogP contribution in [-0.2, 0) is 4.74 Å². The number of hydrogen-bond donors (Lipinski definition) is 0. The van der Waals surface area contributed by atoms with Crippen molar-refractivity contribution in [3.05, 3.63) is 12.7 Å². The van der Waals surface area contributed by atoms with Gasteiger partial charge < -0.3 is 4.74 Å². The highest BCUT2D eigenvalue weighted by atomic mass is 16.5. The predicted octanol–water partition coefficient (Wildman–Crippen LogP) is 4.72. The lowest BCUT2D eigenvalue weighted by molar-refractivity contribution is 0.0979. The van der Waals surface area contributed by atoms with Crippen LogP contribution in [-0.4, -0.2) is 13.2 Å². The highest BCUT2D eigenvalue weighted by molar-refractivity contribution is 4.66.